The summed E-state index contributed by atoms with van der Waals surface area (Å²) in [4.78, 5) is 17.2. The van der Waals surface area contributed by atoms with Crippen LogP contribution in [0.4, 0.5) is 5.69 Å². The van der Waals surface area contributed by atoms with Crippen LogP contribution in [-0.2, 0) is 14.8 Å². The number of carbonyl (C=O) groups is 1. The monoisotopic (exact) mass is 527 g/mol. The molecule has 1 aromatic heterocycles. The molecule has 4 rings (SSSR count). The molecule has 0 fully saturated rings. The molecule has 0 saturated carbocycles. The van der Waals surface area contributed by atoms with E-state index in [0.29, 0.717) is 27.7 Å². The number of aryl methyl sites for hydroxylation is 1. The number of carbonyl (C=O) groups excluding carboxylic acids is 1. The summed E-state index contributed by atoms with van der Waals surface area (Å²) in [6.45, 7) is 1.89. The Balaban J connectivity index is 1.66. The van der Waals surface area contributed by atoms with E-state index in [0.717, 1.165) is 17.3 Å². The van der Waals surface area contributed by atoms with Gasteiger partial charge in [-0.3, -0.25) is 4.79 Å². The standard InChI is InChI=1S/C25H22ClN3O4S2/c1-17-8-11-20(12-9-17)35(31,32)29-22(18-6-4-3-5-7-18)15-27-25(29)34-16-24(30)28-21-14-19(26)10-13-23(21)33-2/h3-15H,16H2,1-2H3,(H,28,30). The Morgan fingerprint density at radius 3 is 2.49 bits per heavy atom. The first-order valence-electron chi connectivity index (χ1n) is 10.5. The lowest BCUT2D eigenvalue weighted by Gasteiger charge is -2.14. The van der Waals surface area contributed by atoms with E-state index in [9.17, 15) is 13.2 Å². The fourth-order valence-electron chi connectivity index (χ4n) is 3.36. The Bertz CT molecular complexity index is 1450. The molecule has 1 heterocycles. The molecular weight excluding hydrogens is 506 g/mol. The van der Waals surface area contributed by atoms with Crippen LogP contribution < -0.4 is 10.1 Å². The summed E-state index contributed by atoms with van der Waals surface area (Å²) in [5, 5.41) is 3.38. The summed E-state index contributed by atoms with van der Waals surface area (Å²) < 4.78 is 33.8. The number of benzene rings is 3. The number of halogens is 1. The molecule has 0 aliphatic rings. The van der Waals surface area contributed by atoms with E-state index in [2.05, 4.69) is 10.3 Å². The van der Waals surface area contributed by atoms with Crippen molar-refractivity contribution < 1.29 is 17.9 Å². The SMILES string of the molecule is COc1ccc(Cl)cc1NC(=O)CSc1ncc(-c2ccccc2)n1S(=O)(=O)c1ccc(C)cc1. The van der Waals surface area contributed by atoms with Crippen molar-refractivity contribution in [1.82, 2.24) is 8.96 Å². The number of methoxy groups -OCH3 is 1. The van der Waals surface area contributed by atoms with Crippen molar-refractivity contribution in [2.75, 3.05) is 18.2 Å². The van der Waals surface area contributed by atoms with Gasteiger partial charge >= 0.3 is 0 Å². The fraction of sp³-hybridized carbons (Fsp3) is 0.120. The number of hydrogen-bond acceptors (Lipinski definition) is 6. The van der Waals surface area contributed by atoms with Crippen LogP contribution in [0.1, 0.15) is 5.56 Å². The summed E-state index contributed by atoms with van der Waals surface area (Å²) in [5.41, 5.74) is 2.47. The summed E-state index contributed by atoms with van der Waals surface area (Å²) in [5.74, 6) is 0.0197. The van der Waals surface area contributed by atoms with Crippen molar-refractivity contribution >= 4 is 45.0 Å². The second-order valence-corrected chi connectivity index (χ2v) is 10.7. The number of thioether (sulfide) groups is 1. The average Bonchev–Trinajstić information content (AvgIpc) is 3.29. The zero-order valence-corrected chi connectivity index (χ0v) is 21.3. The van der Waals surface area contributed by atoms with Crippen molar-refractivity contribution in [3.63, 3.8) is 0 Å². The molecule has 0 bridgehead atoms. The van der Waals surface area contributed by atoms with E-state index in [1.165, 1.54) is 17.3 Å². The number of aromatic nitrogens is 2. The van der Waals surface area contributed by atoms with Gasteiger partial charge in [0.15, 0.2) is 5.16 Å². The van der Waals surface area contributed by atoms with Crippen LogP contribution in [-0.4, -0.2) is 36.1 Å². The maximum atomic E-state index is 13.7. The van der Waals surface area contributed by atoms with Crippen LogP contribution in [0.2, 0.25) is 5.02 Å². The second-order valence-electron chi connectivity index (χ2n) is 7.56. The van der Waals surface area contributed by atoms with Gasteiger partial charge in [-0.1, -0.05) is 71.4 Å². The summed E-state index contributed by atoms with van der Waals surface area (Å²) in [6, 6.07) is 20.6. The minimum Gasteiger partial charge on any atom is -0.495 e. The molecule has 10 heteroatoms. The van der Waals surface area contributed by atoms with E-state index >= 15 is 0 Å². The van der Waals surface area contributed by atoms with Crippen LogP contribution in [0.25, 0.3) is 11.3 Å². The number of imidazole rings is 1. The molecule has 0 aliphatic heterocycles. The lowest BCUT2D eigenvalue weighted by atomic mass is 10.2. The smallest absolute Gasteiger partial charge is 0.270 e. The molecule has 1 N–H and O–H groups in total. The topological polar surface area (TPSA) is 90.3 Å². The molecular formula is C25H22ClN3O4S2. The number of nitrogens with one attached hydrogen (secondary N) is 1. The van der Waals surface area contributed by atoms with Gasteiger partial charge in [0.25, 0.3) is 10.0 Å². The predicted molar refractivity (Wildman–Crippen MR) is 139 cm³/mol. The molecule has 0 atom stereocenters. The quantitative estimate of drug-likeness (QED) is 0.305. The third kappa shape index (κ3) is 5.53. The van der Waals surface area contributed by atoms with E-state index < -0.39 is 10.0 Å². The van der Waals surface area contributed by atoms with E-state index in [1.807, 2.05) is 37.3 Å². The molecule has 0 unspecified atom stereocenters. The zero-order chi connectivity index (χ0) is 25.0. The van der Waals surface area contributed by atoms with Crippen molar-refractivity contribution in [3.05, 3.63) is 89.6 Å². The minimum atomic E-state index is -3.98. The van der Waals surface area contributed by atoms with Gasteiger partial charge in [-0.25, -0.2) is 17.4 Å². The molecule has 0 spiro atoms. The van der Waals surface area contributed by atoms with Gasteiger partial charge in [0.1, 0.15) is 5.75 Å². The summed E-state index contributed by atoms with van der Waals surface area (Å²) in [7, 11) is -2.49. The van der Waals surface area contributed by atoms with Crippen molar-refractivity contribution in [1.29, 1.82) is 0 Å². The number of hydrogen-bond donors (Lipinski definition) is 1. The number of ether oxygens (including phenoxy) is 1. The Kier molecular flexibility index (Phi) is 7.49. The number of rotatable bonds is 8. The molecule has 35 heavy (non-hydrogen) atoms. The normalized spacial score (nSPS) is 11.3. The van der Waals surface area contributed by atoms with E-state index in [1.54, 1.807) is 42.5 Å². The maximum absolute atomic E-state index is 13.7. The van der Waals surface area contributed by atoms with Crippen LogP contribution in [0.15, 0.2) is 89.0 Å². The number of anilines is 1. The maximum Gasteiger partial charge on any atom is 0.270 e. The first kappa shape index (κ1) is 24.8. The van der Waals surface area contributed by atoms with Gasteiger partial charge in [-0.15, -0.1) is 0 Å². The zero-order valence-electron chi connectivity index (χ0n) is 18.9. The molecule has 0 aliphatic carbocycles. The highest BCUT2D eigenvalue weighted by Crippen LogP contribution is 2.32. The van der Waals surface area contributed by atoms with Crippen LogP contribution >= 0.6 is 23.4 Å². The molecule has 180 valence electrons. The molecule has 7 nitrogen and oxygen atoms in total. The predicted octanol–water partition coefficient (Wildman–Crippen LogP) is 5.49. The summed E-state index contributed by atoms with van der Waals surface area (Å²) in [6.07, 6.45) is 1.50. The van der Waals surface area contributed by atoms with Gasteiger partial charge in [-0.2, -0.15) is 0 Å². The lowest BCUT2D eigenvalue weighted by Crippen LogP contribution is -2.18. The Labute approximate surface area is 213 Å². The Hall–Kier alpha value is -3.27. The second kappa shape index (κ2) is 10.6. The highest BCUT2D eigenvalue weighted by atomic mass is 35.5. The van der Waals surface area contributed by atoms with Gasteiger partial charge in [0, 0.05) is 10.6 Å². The highest BCUT2D eigenvalue weighted by molar-refractivity contribution is 8.00. The minimum absolute atomic E-state index is 0.0790. The molecule has 1 amide bonds. The first-order chi connectivity index (χ1) is 16.8. The molecule has 0 saturated heterocycles. The molecule has 4 aromatic rings. The van der Waals surface area contributed by atoms with Crippen LogP contribution in [0.5, 0.6) is 5.75 Å². The largest absolute Gasteiger partial charge is 0.495 e. The van der Waals surface area contributed by atoms with Gasteiger partial charge in [0.2, 0.25) is 5.91 Å². The Morgan fingerprint density at radius 1 is 1.09 bits per heavy atom. The van der Waals surface area contributed by atoms with Gasteiger partial charge < -0.3 is 10.1 Å². The first-order valence-corrected chi connectivity index (χ1v) is 13.3. The van der Waals surface area contributed by atoms with Gasteiger partial charge in [0.05, 0.1) is 35.3 Å². The fourth-order valence-corrected chi connectivity index (χ4v) is 6.02. The highest BCUT2D eigenvalue weighted by Gasteiger charge is 2.26. The number of amides is 1. The summed E-state index contributed by atoms with van der Waals surface area (Å²) >= 11 is 7.06. The van der Waals surface area contributed by atoms with E-state index in [-0.39, 0.29) is 21.7 Å². The molecule has 3 aromatic carbocycles. The average molecular weight is 528 g/mol. The van der Waals surface area contributed by atoms with Crippen LogP contribution in [0, 0.1) is 6.92 Å². The third-order valence-electron chi connectivity index (χ3n) is 5.09. The third-order valence-corrected chi connectivity index (χ3v) is 8.11. The number of nitrogens with zero attached hydrogens (tertiary/aromatic N) is 2. The van der Waals surface area contributed by atoms with Gasteiger partial charge in [-0.05, 0) is 37.3 Å². The lowest BCUT2D eigenvalue weighted by molar-refractivity contribution is -0.113. The van der Waals surface area contributed by atoms with Crippen molar-refractivity contribution in [2.24, 2.45) is 0 Å². The van der Waals surface area contributed by atoms with Crippen molar-refractivity contribution in [2.45, 2.75) is 17.0 Å². The van der Waals surface area contributed by atoms with Crippen molar-refractivity contribution in [3.8, 4) is 17.0 Å². The van der Waals surface area contributed by atoms with E-state index in [4.69, 9.17) is 16.3 Å². The molecule has 0 radical (unpaired) electrons. The van der Waals surface area contributed by atoms with Crippen LogP contribution in [0.3, 0.4) is 0 Å². The Morgan fingerprint density at radius 2 is 1.80 bits per heavy atom.